The van der Waals surface area contributed by atoms with Crippen LogP contribution < -0.4 is 0 Å². The number of rotatable bonds is 1. The van der Waals surface area contributed by atoms with Crippen molar-refractivity contribution in [3.05, 3.63) is 103 Å². The second kappa shape index (κ2) is 9.27. The van der Waals surface area contributed by atoms with Gasteiger partial charge in [0.2, 0.25) is 0 Å². The molecule has 2 aliphatic heterocycles. The van der Waals surface area contributed by atoms with E-state index in [0.717, 1.165) is 16.8 Å². The van der Waals surface area contributed by atoms with Crippen LogP contribution in [0.2, 0.25) is 0 Å². The Kier molecular flexibility index (Phi) is 7.28. The second-order valence-corrected chi connectivity index (χ2v) is 7.57. The molecule has 0 saturated heterocycles. The van der Waals surface area contributed by atoms with Crippen LogP contribution in [0.15, 0.2) is 84.0 Å². The van der Waals surface area contributed by atoms with Gasteiger partial charge in [0, 0.05) is 5.70 Å². The number of aliphatic hydroxyl groups excluding tert-OH is 1. The Balaban J connectivity index is 0.000000198. The van der Waals surface area contributed by atoms with Crippen molar-refractivity contribution >= 4 is 0 Å². The minimum atomic E-state index is 0. The molecule has 28 heavy (non-hydrogen) atoms. The fraction of sp³-hybridized carbons (Fsp3) is 0.208. The van der Waals surface area contributed by atoms with Gasteiger partial charge in [0.05, 0.1) is 0 Å². The van der Waals surface area contributed by atoms with Gasteiger partial charge in [-0.05, 0) is 30.3 Å². The number of benzene rings is 2. The smallest absolute Gasteiger partial charge is 0.510 e. The van der Waals surface area contributed by atoms with Gasteiger partial charge >= 0.3 is 20.1 Å². The molecule has 0 aromatic heterocycles. The molecule has 3 nitrogen and oxygen atoms in total. The van der Waals surface area contributed by atoms with E-state index < -0.39 is 0 Å². The van der Waals surface area contributed by atoms with Crippen molar-refractivity contribution in [2.24, 2.45) is 5.41 Å². The molecule has 2 heterocycles. The van der Waals surface area contributed by atoms with E-state index in [9.17, 15) is 5.11 Å². The zero-order valence-electron chi connectivity index (χ0n) is 16.6. The molecule has 0 bridgehead atoms. The molecule has 0 unspecified atom stereocenters. The van der Waals surface area contributed by atoms with E-state index in [0.29, 0.717) is 0 Å². The van der Waals surface area contributed by atoms with Crippen molar-refractivity contribution in [3.8, 4) is 11.1 Å². The Morgan fingerprint density at radius 1 is 0.929 bits per heavy atom. The average Bonchev–Trinajstić information content (AvgIpc) is 3.05. The molecule has 1 N–H and O–H groups in total. The van der Waals surface area contributed by atoms with E-state index in [-0.39, 0.29) is 31.4 Å². The predicted molar refractivity (Wildman–Crippen MR) is 110 cm³/mol. The second-order valence-electron chi connectivity index (χ2n) is 7.57. The maximum Gasteiger partial charge on any atom is 3.00 e. The summed E-state index contributed by atoms with van der Waals surface area (Å²) in [4.78, 5) is 3.75. The zero-order chi connectivity index (χ0) is 19.4. The molecule has 0 aliphatic carbocycles. The first kappa shape index (κ1) is 22.0. The summed E-state index contributed by atoms with van der Waals surface area (Å²) in [5.74, 6) is 0.276. The number of allylic oxidation sites excluding steroid dienone is 3. The van der Waals surface area contributed by atoms with Crippen molar-refractivity contribution in [2.45, 2.75) is 20.8 Å². The molecule has 4 rings (SSSR count). The minimum absolute atomic E-state index is 0. The van der Waals surface area contributed by atoms with Gasteiger partial charge < -0.3 is 14.9 Å². The van der Waals surface area contributed by atoms with Crippen molar-refractivity contribution in [2.75, 3.05) is 7.05 Å². The average molecular weight is 550 g/mol. The molecular formula is C24H25IrN2O. The molecule has 0 amide bonds. The van der Waals surface area contributed by atoms with E-state index in [2.05, 4.69) is 32.9 Å². The quantitative estimate of drug-likeness (QED) is 0.474. The molecule has 4 heteroatoms. The number of hydrogen-bond acceptors (Lipinski definition) is 3. The topological polar surface area (TPSA) is 26.7 Å². The predicted octanol–water partition coefficient (Wildman–Crippen LogP) is 5.53. The molecule has 2 aromatic rings. The van der Waals surface area contributed by atoms with Gasteiger partial charge in [0.1, 0.15) is 0 Å². The fourth-order valence-corrected chi connectivity index (χ4v) is 2.99. The van der Waals surface area contributed by atoms with Crippen LogP contribution in [0.25, 0.3) is 11.1 Å². The van der Waals surface area contributed by atoms with Crippen LogP contribution in [-0.4, -0.2) is 22.0 Å². The number of nitrogens with zero attached hydrogens (tertiary/aromatic N) is 2. The standard InChI is InChI=1S/C12H17N2O.C12H8.Ir/c1-12(2,3)9-5-6-11(15)14-8-13(4)7-10(9)14;1-3-7-11(8-4-1)12-9-5-2-6-10-12;/h5-8,15H,1-4H3;1-7,9H;/q-1;-2;+3. The summed E-state index contributed by atoms with van der Waals surface area (Å²) in [5, 5.41) is 9.72. The molecular weight excluding hydrogens is 524 g/mol. The van der Waals surface area contributed by atoms with Crippen LogP contribution in [-0.2, 0) is 20.1 Å². The van der Waals surface area contributed by atoms with Gasteiger partial charge in [-0.1, -0.05) is 26.8 Å². The summed E-state index contributed by atoms with van der Waals surface area (Å²) in [5.41, 5.74) is 4.57. The van der Waals surface area contributed by atoms with Crippen LogP contribution in [0.3, 0.4) is 0 Å². The number of fused-ring (bicyclic) bond motifs is 1. The summed E-state index contributed by atoms with van der Waals surface area (Å²) in [7, 11) is 1.96. The normalized spacial score (nSPS) is 15.4. The van der Waals surface area contributed by atoms with Crippen LogP contribution in [0.4, 0.5) is 0 Å². The first-order valence-electron chi connectivity index (χ1n) is 9.00. The molecule has 0 saturated carbocycles. The summed E-state index contributed by atoms with van der Waals surface area (Å²) < 4.78 is 0. The third-order valence-electron chi connectivity index (χ3n) is 4.32. The minimum Gasteiger partial charge on any atom is -0.510 e. The van der Waals surface area contributed by atoms with Gasteiger partial charge in [0.25, 0.3) is 0 Å². The van der Waals surface area contributed by atoms with Gasteiger partial charge in [-0.25, -0.2) is 11.1 Å². The summed E-state index contributed by atoms with van der Waals surface area (Å²) in [6.07, 6.45) is 5.76. The third-order valence-corrected chi connectivity index (χ3v) is 4.32. The maximum absolute atomic E-state index is 9.72. The molecule has 0 radical (unpaired) electrons. The zero-order valence-corrected chi connectivity index (χ0v) is 19.0. The van der Waals surface area contributed by atoms with E-state index >= 15 is 0 Å². The largest absolute Gasteiger partial charge is 3.00 e. The molecule has 2 aliphatic rings. The first-order chi connectivity index (χ1) is 12.9. The SMILES string of the molecule is CN1C=C2C(C(C)(C)C)=CC=C(O)N2[CH-]1.[Ir+3].[c-]1ccccc1-c1[c-]cccc1. The van der Waals surface area contributed by atoms with Crippen molar-refractivity contribution < 1.29 is 25.2 Å². The van der Waals surface area contributed by atoms with Crippen LogP contribution in [0, 0.1) is 24.2 Å². The van der Waals surface area contributed by atoms with Gasteiger partial charge in [0.15, 0.2) is 5.88 Å². The van der Waals surface area contributed by atoms with Crippen LogP contribution in [0.1, 0.15) is 20.8 Å². The Hall–Kier alpha value is -2.29. The molecule has 2 aromatic carbocycles. The first-order valence-corrected chi connectivity index (χ1v) is 9.00. The Bertz CT molecular complexity index is 827. The maximum atomic E-state index is 9.72. The molecule has 0 fully saturated rings. The molecule has 0 spiro atoms. The number of aliphatic hydroxyl groups is 1. The van der Waals surface area contributed by atoms with E-state index in [1.54, 1.807) is 11.0 Å². The van der Waals surface area contributed by atoms with E-state index in [4.69, 9.17) is 0 Å². The summed E-state index contributed by atoms with van der Waals surface area (Å²) in [6.45, 7) is 8.39. The molecule has 146 valence electrons. The van der Waals surface area contributed by atoms with Gasteiger partial charge in [-0.2, -0.15) is 48.5 Å². The van der Waals surface area contributed by atoms with Crippen LogP contribution in [0.5, 0.6) is 0 Å². The van der Waals surface area contributed by atoms with E-state index in [1.165, 1.54) is 5.57 Å². The van der Waals surface area contributed by atoms with E-state index in [1.807, 2.05) is 79.4 Å². The van der Waals surface area contributed by atoms with Crippen molar-refractivity contribution in [1.29, 1.82) is 0 Å². The third kappa shape index (κ3) is 5.15. The Labute approximate surface area is 182 Å². The van der Waals surface area contributed by atoms with Crippen LogP contribution >= 0.6 is 0 Å². The van der Waals surface area contributed by atoms with Crippen molar-refractivity contribution in [3.63, 3.8) is 0 Å². The Morgan fingerprint density at radius 2 is 1.50 bits per heavy atom. The summed E-state index contributed by atoms with van der Waals surface area (Å²) >= 11 is 0. The van der Waals surface area contributed by atoms with Gasteiger partial charge in [-0.3, -0.25) is 0 Å². The monoisotopic (exact) mass is 550 g/mol. The fourth-order valence-electron chi connectivity index (χ4n) is 2.99. The van der Waals surface area contributed by atoms with Gasteiger partial charge in [-0.15, -0.1) is 18.8 Å². The Morgan fingerprint density at radius 3 is 1.96 bits per heavy atom. The molecule has 0 atom stereocenters. The van der Waals surface area contributed by atoms with Crippen molar-refractivity contribution in [1.82, 2.24) is 9.80 Å². The summed E-state index contributed by atoms with van der Waals surface area (Å²) in [6, 6.07) is 22.1. The number of hydrogen-bond donors (Lipinski definition) is 1.